The molecule has 0 aliphatic heterocycles. The fraction of sp³-hybridized carbons (Fsp3) is 0.462. The Bertz CT molecular complexity index is 573. The van der Waals surface area contributed by atoms with Gasteiger partial charge in [0.05, 0.1) is 4.90 Å². The summed E-state index contributed by atoms with van der Waals surface area (Å²) in [6, 6.07) is 6.50. The Hall–Kier alpha value is -1.40. The molecular formula is C13H17NO4S. The van der Waals surface area contributed by atoms with Gasteiger partial charge in [0, 0.05) is 0 Å². The summed E-state index contributed by atoms with van der Waals surface area (Å²) in [6.45, 7) is 1.98. The van der Waals surface area contributed by atoms with E-state index in [0.717, 1.165) is 18.4 Å². The maximum Gasteiger partial charge on any atom is 0.324 e. The molecule has 0 saturated heterocycles. The molecule has 0 aromatic heterocycles. The molecular weight excluding hydrogens is 266 g/mol. The normalized spacial score (nSPS) is 17.7. The van der Waals surface area contributed by atoms with Crippen LogP contribution in [-0.4, -0.2) is 25.0 Å². The molecule has 1 saturated carbocycles. The average Bonchev–Trinajstić information content (AvgIpc) is 2.33. The number of aryl methyl sites for hydroxylation is 1. The summed E-state index contributed by atoms with van der Waals surface area (Å²) in [5.74, 6) is -1.10. The first-order valence-corrected chi connectivity index (χ1v) is 7.74. The van der Waals surface area contributed by atoms with Crippen LogP contribution in [-0.2, 0) is 21.2 Å². The topological polar surface area (TPSA) is 83.5 Å². The van der Waals surface area contributed by atoms with Gasteiger partial charge in [0.15, 0.2) is 0 Å². The van der Waals surface area contributed by atoms with E-state index in [1.807, 2.05) is 6.92 Å². The van der Waals surface area contributed by atoms with Gasteiger partial charge in [0.1, 0.15) is 5.54 Å². The van der Waals surface area contributed by atoms with Crippen LogP contribution in [0.15, 0.2) is 29.2 Å². The van der Waals surface area contributed by atoms with Crippen molar-refractivity contribution in [3.63, 3.8) is 0 Å². The molecule has 0 atom stereocenters. The molecule has 2 rings (SSSR count). The summed E-state index contributed by atoms with van der Waals surface area (Å²) in [4.78, 5) is 11.3. The Kier molecular flexibility index (Phi) is 3.64. The number of hydrogen-bond acceptors (Lipinski definition) is 3. The first-order chi connectivity index (χ1) is 8.89. The van der Waals surface area contributed by atoms with Crippen molar-refractivity contribution in [2.24, 2.45) is 0 Å². The first kappa shape index (κ1) is 14.0. The van der Waals surface area contributed by atoms with Crippen molar-refractivity contribution >= 4 is 16.0 Å². The second-order valence-electron chi connectivity index (χ2n) is 4.84. The zero-order chi connectivity index (χ0) is 14.1. The van der Waals surface area contributed by atoms with Crippen LogP contribution in [0.3, 0.4) is 0 Å². The number of carboxylic acids is 1. The van der Waals surface area contributed by atoms with E-state index in [1.54, 1.807) is 12.1 Å². The van der Waals surface area contributed by atoms with E-state index >= 15 is 0 Å². The molecule has 1 aliphatic carbocycles. The minimum Gasteiger partial charge on any atom is -0.480 e. The monoisotopic (exact) mass is 283 g/mol. The number of nitrogens with one attached hydrogen (secondary N) is 1. The number of rotatable bonds is 5. The second-order valence-corrected chi connectivity index (χ2v) is 6.53. The highest BCUT2D eigenvalue weighted by Crippen LogP contribution is 2.33. The van der Waals surface area contributed by atoms with Crippen LogP contribution in [0.4, 0.5) is 0 Å². The summed E-state index contributed by atoms with van der Waals surface area (Å²) in [5.41, 5.74) is -0.280. The molecule has 0 spiro atoms. The van der Waals surface area contributed by atoms with Crippen molar-refractivity contribution in [2.45, 2.75) is 43.0 Å². The Balaban J connectivity index is 2.24. The van der Waals surface area contributed by atoms with Crippen molar-refractivity contribution in [3.05, 3.63) is 29.8 Å². The van der Waals surface area contributed by atoms with Crippen LogP contribution >= 0.6 is 0 Å². The van der Waals surface area contributed by atoms with Crippen LogP contribution in [0.2, 0.25) is 0 Å². The summed E-state index contributed by atoms with van der Waals surface area (Å²) in [7, 11) is -3.78. The molecule has 0 heterocycles. The molecule has 5 nitrogen and oxygen atoms in total. The maximum absolute atomic E-state index is 12.2. The molecule has 0 bridgehead atoms. The standard InChI is InChI=1S/C13H17NO4S/c1-2-10-4-6-11(7-5-10)19(17,18)14-13(12(15)16)8-3-9-13/h4-7,14H,2-3,8-9H2,1H3,(H,15,16). The molecule has 1 aliphatic rings. The van der Waals surface area contributed by atoms with E-state index < -0.39 is 21.5 Å². The van der Waals surface area contributed by atoms with Gasteiger partial charge < -0.3 is 5.11 Å². The number of carboxylic acid groups (broad SMARTS) is 1. The van der Waals surface area contributed by atoms with Crippen LogP contribution in [0.1, 0.15) is 31.7 Å². The van der Waals surface area contributed by atoms with E-state index in [1.165, 1.54) is 12.1 Å². The molecule has 1 aromatic rings. The van der Waals surface area contributed by atoms with E-state index in [0.29, 0.717) is 12.8 Å². The van der Waals surface area contributed by atoms with Gasteiger partial charge in [-0.3, -0.25) is 4.79 Å². The Labute approximate surface area is 112 Å². The molecule has 2 N–H and O–H groups in total. The molecule has 0 radical (unpaired) electrons. The third-order valence-corrected chi connectivity index (χ3v) is 5.14. The van der Waals surface area contributed by atoms with Crippen molar-refractivity contribution in [2.75, 3.05) is 0 Å². The number of sulfonamides is 1. The molecule has 6 heteroatoms. The lowest BCUT2D eigenvalue weighted by molar-refractivity contribution is -0.147. The van der Waals surface area contributed by atoms with Gasteiger partial charge in [-0.05, 0) is 43.4 Å². The summed E-state index contributed by atoms with van der Waals surface area (Å²) in [5, 5.41) is 9.15. The van der Waals surface area contributed by atoms with Gasteiger partial charge in [-0.15, -0.1) is 0 Å². The van der Waals surface area contributed by atoms with Crippen molar-refractivity contribution in [3.8, 4) is 0 Å². The lowest BCUT2D eigenvalue weighted by Gasteiger charge is -2.37. The van der Waals surface area contributed by atoms with E-state index in [2.05, 4.69) is 4.72 Å². The Morgan fingerprint density at radius 1 is 1.32 bits per heavy atom. The lowest BCUT2D eigenvalue weighted by atomic mass is 9.78. The Morgan fingerprint density at radius 2 is 1.89 bits per heavy atom. The number of hydrogen-bond donors (Lipinski definition) is 2. The zero-order valence-corrected chi connectivity index (χ0v) is 11.5. The van der Waals surface area contributed by atoms with Crippen molar-refractivity contribution in [1.82, 2.24) is 4.72 Å². The van der Waals surface area contributed by atoms with E-state index in [9.17, 15) is 13.2 Å². The molecule has 104 valence electrons. The van der Waals surface area contributed by atoms with Crippen LogP contribution < -0.4 is 4.72 Å². The van der Waals surface area contributed by atoms with Gasteiger partial charge in [0.2, 0.25) is 10.0 Å². The number of aliphatic carboxylic acids is 1. The fourth-order valence-corrected chi connectivity index (χ4v) is 3.53. The molecule has 19 heavy (non-hydrogen) atoms. The predicted molar refractivity (Wildman–Crippen MR) is 70.4 cm³/mol. The number of benzene rings is 1. The highest BCUT2D eigenvalue weighted by Gasteiger charge is 2.47. The van der Waals surface area contributed by atoms with Crippen LogP contribution in [0, 0.1) is 0 Å². The van der Waals surface area contributed by atoms with E-state index in [4.69, 9.17) is 5.11 Å². The summed E-state index contributed by atoms with van der Waals surface area (Å²) in [6.07, 6.45) is 2.24. The molecule has 1 fully saturated rings. The smallest absolute Gasteiger partial charge is 0.324 e. The van der Waals surface area contributed by atoms with Crippen LogP contribution in [0.25, 0.3) is 0 Å². The third kappa shape index (κ3) is 2.64. The second kappa shape index (κ2) is 4.94. The minimum absolute atomic E-state index is 0.109. The van der Waals surface area contributed by atoms with Crippen LogP contribution in [0.5, 0.6) is 0 Å². The zero-order valence-electron chi connectivity index (χ0n) is 10.7. The van der Waals surface area contributed by atoms with Crippen molar-refractivity contribution < 1.29 is 18.3 Å². The first-order valence-electron chi connectivity index (χ1n) is 6.26. The molecule has 0 amide bonds. The fourth-order valence-electron chi connectivity index (χ4n) is 2.11. The van der Waals surface area contributed by atoms with Gasteiger partial charge in [0.25, 0.3) is 0 Å². The molecule has 1 aromatic carbocycles. The Morgan fingerprint density at radius 3 is 2.26 bits per heavy atom. The van der Waals surface area contributed by atoms with Crippen molar-refractivity contribution in [1.29, 1.82) is 0 Å². The largest absolute Gasteiger partial charge is 0.480 e. The quantitative estimate of drug-likeness (QED) is 0.858. The van der Waals surface area contributed by atoms with Gasteiger partial charge in [-0.1, -0.05) is 19.1 Å². The third-order valence-electron chi connectivity index (χ3n) is 3.59. The summed E-state index contributed by atoms with van der Waals surface area (Å²) < 4.78 is 26.7. The number of carbonyl (C=O) groups is 1. The SMILES string of the molecule is CCc1ccc(S(=O)(=O)NC2(C(=O)O)CCC2)cc1. The van der Waals surface area contributed by atoms with Gasteiger partial charge >= 0.3 is 5.97 Å². The molecule has 0 unspecified atom stereocenters. The van der Waals surface area contributed by atoms with Gasteiger partial charge in [-0.25, -0.2) is 8.42 Å². The lowest BCUT2D eigenvalue weighted by Crippen LogP contribution is -2.58. The highest BCUT2D eigenvalue weighted by molar-refractivity contribution is 7.89. The highest BCUT2D eigenvalue weighted by atomic mass is 32.2. The predicted octanol–water partition coefficient (Wildman–Crippen LogP) is 1.53. The average molecular weight is 283 g/mol. The maximum atomic E-state index is 12.2. The van der Waals surface area contributed by atoms with Gasteiger partial charge in [-0.2, -0.15) is 4.72 Å². The minimum atomic E-state index is -3.78. The summed E-state index contributed by atoms with van der Waals surface area (Å²) >= 11 is 0. The van der Waals surface area contributed by atoms with E-state index in [-0.39, 0.29) is 4.90 Å².